The van der Waals surface area contributed by atoms with Crippen molar-refractivity contribution in [2.45, 2.75) is 39.3 Å². The number of rotatable bonds is 5. The van der Waals surface area contributed by atoms with Crippen LogP contribution in [0, 0.1) is 10.1 Å². The summed E-state index contributed by atoms with van der Waals surface area (Å²) in [5, 5.41) is 14.7. The number of aromatic nitrogens is 1. The van der Waals surface area contributed by atoms with E-state index in [2.05, 4.69) is 5.32 Å². The number of hydrogen-bond acceptors (Lipinski definition) is 3. The molecule has 0 saturated heterocycles. The molecule has 112 valence electrons. The fourth-order valence-corrected chi connectivity index (χ4v) is 2.08. The molecule has 0 spiro atoms. The number of carbonyl (C=O) groups excluding carboxylic acids is 1. The Kier molecular flexibility index (Phi) is 3.97. The molecule has 0 aliphatic heterocycles. The van der Waals surface area contributed by atoms with Crippen LogP contribution in [0.2, 0.25) is 0 Å². The Hall–Kier alpha value is -2.37. The second kappa shape index (κ2) is 5.55. The molecular formula is C15H19N3O3. The molecule has 0 bridgehead atoms. The van der Waals surface area contributed by atoms with Crippen molar-refractivity contribution >= 4 is 22.5 Å². The molecular weight excluding hydrogens is 270 g/mol. The van der Waals surface area contributed by atoms with E-state index in [9.17, 15) is 14.9 Å². The van der Waals surface area contributed by atoms with Gasteiger partial charge in [0.2, 0.25) is 5.91 Å². The largest absolute Gasteiger partial charge is 0.350 e. The number of hydrogen-bond donors (Lipinski definition) is 1. The lowest BCUT2D eigenvalue weighted by Gasteiger charge is -2.24. The molecule has 6 nitrogen and oxygen atoms in total. The Bertz CT molecular complexity index is 689. The zero-order valence-corrected chi connectivity index (χ0v) is 12.4. The smallest absolute Gasteiger partial charge is 0.271 e. The average Bonchev–Trinajstić information content (AvgIpc) is 2.80. The van der Waals surface area contributed by atoms with Crippen LogP contribution in [-0.2, 0) is 11.3 Å². The van der Waals surface area contributed by atoms with Crippen LogP contribution in [0.5, 0.6) is 0 Å². The van der Waals surface area contributed by atoms with Gasteiger partial charge >= 0.3 is 0 Å². The summed E-state index contributed by atoms with van der Waals surface area (Å²) in [6, 6.07) is 6.50. The zero-order valence-electron chi connectivity index (χ0n) is 12.4. The lowest BCUT2D eigenvalue weighted by Crippen LogP contribution is -2.44. The van der Waals surface area contributed by atoms with E-state index in [-0.39, 0.29) is 23.7 Å². The molecule has 6 heteroatoms. The highest BCUT2D eigenvalue weighted by Gasteiger charge is 2.18. The van der Waals surface area contributed by atoms with Gasteiger partial charge in [-0.25, -0.2) is 0 Å². The quantitative estimate of drug-likeness (QED) is 0.679. The highest BCUT2D eigenvalue weighted by Crippen LogP contribution is 2.22. The molecule has 0 aliphatic rings. The van der Waals surface area contributed by atoms with E-state index in [0.29, 0.717) is 5.52 Å². The molecule has 0 saturated carbocycles. The average molecular weight is 289 g/mol. The normalized spacial score (nSPS) is 11.6. The van der Waals surface area contributed by atoms with E-state index in [4.69, 9.17) is 0 Å². The number of nitrogens with one attached hydrogen (secondary N) is 1. The molecule has 1 aromatic heterocycles. The second-order valence-electron chi connectivity index (χ2n) is 5.73. The van der Waals surface area contributed by atoms with Gasteiger partial charge in [0.05, 0.1) is 10.4 Å². The number of nitro benzene ring substituents is 1. The summed E-state index contributed by atoms with van der Waals surface area (Å²) >= 11 is 0. The number of non-ortho nitro benzene ring substituents is 1. The van der Waals surface area contributed by atoms with Gasteiger partial charge in [-0.05, 0) is 32.4 Å². The maximum atomic E-state index is 12.1. The predicted octanol–water partition coefficient (Wildman–Crippen LogP) is 2.85. The first-order chi connectivity index (χ1) is 9.82. The minimum absolute atomic E-state index is 0.0248. The monoisotopic (exact) mass is 289 g/mol. The molecule has 1 aromatic carbocycles. The third kappa shape index (κ3) is 3.39. The highest BCUT2D eigenvalue weighted by atomic mass is 16.6. The summed E-state index contributed by atoms with van der Waals surface area (Å²) in [5.74, 6) is -0.106. The molecule has 21 heavy (non-hydrogen) atoms. The van der Waals surface area contributed by atoms with Gasteiger partial charge in [0.1, 0.15) is 6.54 Å². The summed E-state index contributed by atoms with van der Waals surface area (Å²) < 4.78 is 1.73. The maximum absolute atomic E-state index is 12.1. The van der Waals surface area contributed by atoms with Gasteiger partial charge in [-0.15, -0.1) is 0 Å². The summed E-state index contributed by atoms with van der Waals surface area (Å²) in [6.07, 6.45) is 2.60. The van der Waals surface area contributed by atoms with Crippen molar-refractivity contribution in [1.29, 1.82) is 0 Å². The summed E-state index contributed by atoms with van der Waals surface area (Å²) in [7, 11) is 0. The second-order valence-corrected chi connectivity index (χ2v) is 5.73. The van der Waals surface area contributed by atoms with Crippen molar-refractivity contribution in [3.63, 3.8) is 0 Å². The summed E-state index contributed by atoms with van der Waals surface area (Å²) in [4.78, 5) is 22.5. The Balaban J connectivity index is 2.24. The van der Waals surface area contributed by atoms with Crippen molar-refractivity contribution in [2.24, 2.45) is 0 Å². The molecule has 2 aromatic rings. The molecule has 0 fully saturated rings. The SMILES string of the molecule is CCC(C)(C)NC(=O)Cn1ccc2ccc([N+](=O)[O-])cc21. The van der Waals surface area contributed by atoms with E-state index >= 15 is 0 Å². The minimum Gasteiger partial charge on any atom is -0.350 e. The number of nitro groups is 1. The molecule has 1 N–H and O–H groups in total. The van der Waals surface area contributed by atoms with Crippen LogP contribution in [0.15, 0.2) is 30.5 Å². The van der Waals surface area contributed by atoms with Crippen LogP contribution in [0.4, 0.5) is 5.69 Å². The Morgan fingerprint density at radius 1 is 1.38 bits per heavy atom. The van der Waals surface area contributed by atoms with Crippen molar-refractivity contribution in [3.8, 4) is 0 Å². The Morgan fingerprint density at radius 2 is 2.10 bits per heavy atom. The Morgan fingerprint density at radius 3 is 2.71 bits per heavy atom. The van der Waals surface area contributed by atoms with Crippen LogP contribution in [0.25, 0.3) is 10.9 Å². The van der Waals surface area contributed by atoms with Gasteiger partial charge in [-0.2, -0.15) is 0 Å². The number of nitrogens with zero attached hydrogens (tertiary/aromatic N) is 2. The Labute approximate surface area is 122 Å². The van der Waals surface area contributed by atoms with Crippen molar-refractivity contribution in [3.05, 3.63) is 40.6 Å². The first kappa shape index (κ1) is 15.0. The maximum Gasteiger partial charge on any atom is 0.271 e. The van der Waals surface area contributed by atoms with Gasteiger partial charge < -0.3 is 9.88 Å². The molecule has 0 atom stereocenters. The van der Waals surface area contributed by atoms with E-state index in [1.165, 1.54) is 12.1 Å². The number of carbonyl (C=O) groups is 1. The highest BCUT2D eigenvalue weighted by molar-refractivity contribution is 5.85. The number of benzene rings is 1. The van der Waals surface area contributed by atoms with Crippen molar-refractivity contribution in [1.82, 2.24) is 9.88 Å². The molecule has 0 aliphatic carbocycles. The van der Waals surface area contributed by atoms with E-state index in [1.54, 1.807) is 16.8 Å². The van der Waals surface area contributed by atoms with E-state index in [0.717, 1.165) is 11.8 Å². The third-order valence-electron chi connectivity index (χ3n) is 3.64. The molecule has 0 radical (unpaired) electrons. The van der Waals surface area contributed by atoms with Crippen molar-refractivity contribution < 1.29 is 9.72 Å². The van der Waals surface area contributed by atoms with Gasteiger partial charge in [0, 0.05) is 29.3 Å². The van der Waals surface area contributed by atoms with Crippen LogP contribution < -0.4 is 5.32 Å². The summed E-state index contributed by atoms with van der Waals surface area (Å²) in [5.41, 5.74) is 0.455. The van der Waals surface area contributed by atoms with Gasteiger partial charge in [0.15, 0.2) is 0 Å². The van der Waals surface area contributed by atoms with Crippen LogP contribution >= 0.6 is 0 Å². The minimum atomic E-state index is -0.433. The topological polar surface area (TPSA) is 77.2 Å². The molecule has 1 heterocycles. The van der Waals surface area contributed by atoms with Crippen LogP contribution in [0.1, 0.15) is 27.2 Å². The first-order valence-electron chi connectivity index (χ1n) is 6.87. The van der Waals surface area contributed by atoms with Gasteiger partial charge in [-0.3, -0.25) is 14.9 Å². The van der Waals surface area contributed by atoms with Crippen LogP contribution in [-0.4, -0.2) is 20.9 Å². The fourth-order valence-electron chi connectivity index (χ4n) is 2.08. The van der Waals surface area contributed by atoms with Crippen LogP contribution in [0.3, 0.4) is 0 Å². The van der Waals surface area contributed by atoms with Gasteiger partial charge in [-0.1, -0.05) is 6.92 Å². The summed E-state index contributed by atoms with van der Waals surface area (Å²) in [6.45, 7) is 6.08. The zero-order chi connectivity index (χ0) is 15.6. The standard InChI is InChI=1S/C15H19N3O3/c1-4-15(2,3)16-14(19)10-17-8-7-11-5-6-12(18(20)21)9-13(11)17/h5-9H,4,10H2,1-3H3,(H,16,19). The third-order valence-corrected chi connectivity index (χ3v) is 3.64. The first-order valence-corrected chi connectivity index (χ1v) is 6.87. The van der Waals surface area contributed by atoms with E-state index < -0.39 is 4.92 Å². The van der Waals surface area contributed by atoms with Gasteiger partial charge in [0.25, 0.3) is 5.69 Å². The lowest BCUT2D eigenvalue weighted by atomic mass is 10.0. The van der Waals surface area contributed by atoms with Crippen molar-refractivity contribution in [2.75, 3.05) is 0 Å². The molecule has 1 amide bonds. The molecule has 0 unspecified atom stereocenters. The van der Waals surface area contributed by atoms with E-state index in [1.807, 2.05) is 26.8 Å². The lowest BCUT2D eigenvalue weighted by molar-refractivity contribution is -0.384. The number of fused-ring (bicyclic) bond motifs is 1. The predicted molar refractivity (Wildman–Crippen MR) is 81.1 cm³/mol. The fraction of sp³-hybridized carbons (Fsp3) is 0.400. The molecule has 2 rings (SSSR count). The number of amides is 1.